The molecule has 1 aromatic heterocycles. The first kappa shape index (κ1) is 13.4. The van der Waals surface area contributed by atoms with Gasteiger partial charge in [-0.2, -0.15) is 5.10 Å². The Bertz CT molecular complexity index is 415. The smallest absolute Gasteiger partial charge is 0.132 e. The van der Waals surface area contributed by atoms with Gasteiger partial charge >= 0.3 is 0 Å². The molecular formula is C13H24N4O. The van der Waals surface area contributed by atoms with Gasteiger partial charge in [0.2, 0.25) is 0 Å². The molecule has 1 atom stereocenters. The number of aliphatic hydroxyl groups is 1. The molecule has 1 fully saturated rings. The monoisotopic (exact) mass is 252 g/mol. The van der Waals surface area contributed by atoms with Crippen LogP contribution in [0.4, 0.5) is 5.82 Å². The molecule has 0 bridgehead atoms. The topological polar surface area (TPSA) is 44.5 Å². The average Bonchev–Trinajstić information content (AvgIpc) is 2.62. The first-order valence-corrected chi connectivity index (χ1v) is 6.59. The maximum atomic E-state index is 9.52. The number of rotatable bonds is 3. The lowest BCUT2D eigenvalue weighted by Gasteiger charge is -2.37. The number of hydrogen-bond acceptors (Lipinski definition) is 4. The molecule has 0 saturated carbocycles. The molecular weight excluding hydrogens is 228 g/mol. The van der Waals surface area contributed by atoms with Crippen molar-refractivity contribution >= 4 is 5.82 Å². The van der Waals surface area contributed by atoms with Gasteiger partial charge in [0.05, 0.1) is 12.3 Å². The van der Waals surface area contributed by atoms with E-state index in [0.29, 0.717) is 6.04 Å². The van der Waals surface area contributed by atoms with Crippen molar-refractivity contribution in [3.8, 4) is 0 Å². The van der Waals surface area contributed by atoms with E-state index in [0.717, 1.165) is 23.6 Å². The summed E-state index contributed by atoms with van der Waals surface area (Å²) in [7, 11) is 6.23. The summed E-state index contributed by atoms with van der Waals surface area (Å²) in [5, 5.41) is 13.9. The summed E-state index contributed by atoms with van der Waals surface area (Å²) in [5.74, 6) is 1.05. The van der Waals surface area contributed by atoms with Crippen LogP contribution in [-0.4, -0.2) is 53.0 Å². The van der Waals surface area contributed by atoms with Crippen molar-refractivity contribution in [2.75, 3.05) is 32.1 Å². The molecule has 1 aromatic rings. The SMILES string of the molecule is Cc1nn(C)c(N(C)C2CCCN(C)C2)c1CO. The van der Waals surface area contributed by atoms with E-state index >= 15 is 0 Å². The molecule has 1 aliphatic rings. The molecule has 0 radical (unpaired) electrons. The maximum absolute atomic E-state index is 9.52. The standard InChI is InChI=1S/C13H24N4O/c1-10-12(9-18)13(17(4)14-10)16(3)11-6-5-7-15(2)8-11/h11,18H,5-9H2,1-4H3. The largest absolute Gasteiger partial charge is 0.391 e. The highest BCUT2D eigenvalue weighted by molar-refractivity contribution is 5.50. The van der Waals surface area contributed by atoms with Crippen LogP contribution in [0, 0.1) is 6.92 Å². The second kappa shape index (κ2) is 5.28. The average molecular weight is 252 g/mol. The van der Waals surface area contributed by atoms with Gasteiger partial charge in [-0.1, -0.05) is 0 Å². The van der Waals surface area contributed by atoms with Crippen LogP contribution in [0.5, 0.6) is 0 Å². The van der Waals surface area contributed by atoms with E-state index in [-0.39, 0.29) is 6.61 Å². The molecule has 0 amide bonds. The minimum absolute atomic E-state index is 0.0574. The third-order valence-electron chi connectivity index (χ3n) is 3.95. The highest BCUT2D eigenvalue weighted by atomic mass is 16.3. The quantitative estimate of drug-likeness (QED) is 0.862. The normalized spacial score (nSPS) is 21.3. The lowest BCUT2D eigenvalue weighted by atomic mass is 10.0. The first-order valence-electron chi connectivity index (χ1n) is 6.59. The zero-order valence-electron chi connectivity index (χ0n) is 11.8. The van der Waals surface area contributed by atoms with Crippen LogP contribution >= 0.6 is 0 Å². The van der Waals surface area contributed by atoms with Crippen molar-refractivity contribution in [2.45, 2.75) is 32.4 Å². The summed E-state index contributed by atoms with van der Waals surface area (Å²) >= 11 is 0. The Labute approximate surface area is 109 Å². The summed E-state index contributed by atoms with van der Waals surface area (Å²) < 4.78 is 1.88. The highest BCUT2D eigenvalue weighted by Gasteiger charge is 2.25. The van der Waals surface area contributed by atoms with Crippen LogP contribution in [0.25, 0.3) is 0 Å². The zero-order chi connectivity index (χ0) is 13.3. The molecule has 5 heteroatoms. The molecule has 1 saturated heterocycles. The summed E-state index contributed by atoms with van der Waals surface area (Å²) in [6.45, 7) is 4.27. The summed E-state index contributed by atoms with van der Waals surface area (Å²) in [4.78, 5) is 4.65. The fourth-order valence-corrected chi connectivity index (χ4v) is 2.94. The molecule has 1 N–H and O–H groups in total. The summed E-state index contributed by atoms with van der Waals surface area (Å²) in [5.41, 5.74) is 1.87. The second-order valence-corrected chi connectivity index (χ2v) is 5.34. The molecule has 1 unspecified atom stereocenters. The molecule has 1 aliphatic heterocycles. The number of hydrogen-bond donors (Lipinski definition) is 1. The number of aromatic nitrogens is 2. The Kier molecular flexibility index (Phi) is 3.92. The van der Waals surface area contributed by atoms with Gasteiger partial charge in [-0.25, -0.2) is 0 Å². The van der Waals surface area contributed by atoms with E-state index < -0.39 is 0 Å². The van der Waals surface area contributed by atoms with Crippen LogP contribution in [0.2, 0.25) is 0 Å². The van der Waals surface area contributed by atoms with E-state index in [9.17, 15) is 5.11 Å². The van der Waals surface area contributed by atoms with Gasteiger partial charge in [0, 0.05) is 32.2 Å². The molecule has 2 heterocycles. The summed E-state index contributed by atoms with van der Waals surface area (Å²) in [6.07, 6.45) is 2.44. The number of likely N-dealkylation sites (tertiary alicyclic amines) is 1. The Balaban J connectivity index is 2.24. The van der Waals surface area contributed by atoms with Crippen molar-refractivity contribution in [3.05, 3.63) is 11.3 Å². The number of piperidine rings is 1. The van der Waals surface area contributed by atoms with E-state index in [2.05, 4.69) is 29.0 Å². The third kappa shape index (κ3) is 2.37. The van der Waals surface area contributed by atoms with Crippen LogP contribution in [0.1, 0.15) is 24.1 Å². The zero-order valence-corrected chi connectivity index (χ0v) is 11.8. The van der Waals surface area contributed by atoms with Crippen LogP contribution in [0.3, 0.4) is 0 Å². The molecule has 18 heavy (non-hydrogen) atoms. The van der Waals surface area contributed by atoms with Gasteiger partial charge in [0.25, 0.3) is 0 Å². The Morgan fingerprint density at radius 3 is 2.78 bits per heavy atom. The van der Waals surface area contributed by atoms with Crippen LogP contribution in [0.15, 0.2) is 0 Å². The van der Waals surface area contributed by atoms with Gasteiger partial charge < -0.3 is 14.9 Å². The van der Waals surface area contributed by atoms with E-state index in [1.165, 1.54) is 19.4 Å². The molecule has 5 nitrogen and oxygen atoms in total. The Morgan fingerprint density at radius 1 is 1.44 bits per heavy atom. The predicted molar refractivity (Wildman–Crippen MR) is 72.8 cm³/mol. The molecule has 0 aromatic carbocycles. The number of anilines is 1. The van der Waals surface area contributed by atoms with Gasteiger partial charge in [0.1, 0.15) is 5.82 Å². The lowest BCUT2D eigenvalue weighted by molar-refractivity contribution is 0.245. The van der Waals surface area contributed by atoms with Gasteiger partial charge in [0.15, 0.2) is 0 Å². The van der Waals surface area contributed by atoms with Gasteiger partial charge in [-0.15, -0.1) is 0 Å². The molecule has 102 valence electrons. The van der Waals surface area contributed by atoms with E-state index in [1.807, 2.05) is 18.7 Å². The predicted octanol–water partition coefficient (Wildman–Crippen LogP) is 0.751. The van der Waals surface area contributed by atoms with Crippen LogP contribution in [-0.2, 0) is 13.7 Å². The van der Waals surface area contributed by atoms with E-state index in [1.54, 1.807) is 0 Å². The van der Waals surface area contributed by atoms with Crippen molar-refractivity contribution in [3.63, 3.8) is 0 Å². The third-order valence-corrected chi connectivity index (χ3v) is 3.95. The van der Waals surface area contributed by atoms with Gasteiger partial charge in [-0.3, -0.25) is 4.68 Å². The molecule has 0 aliphatic carbocycles. The fraction of sp³-hybridized carbons (Fsp3) is 0.769. The highest BCUT2D eigenvalue weighted by Crippen LogP contribution is 2.26. The van der Waals surface area contributed by atoms with E-state index in [4.69, 9.17) is 0 Å². The van der Waals surface area contributed by atoms with Crippen molar-refractivity contribution in [2.24, 2.45) is 7.05 Å². The molecule has 0 spiro atoms. The first-order chi connectivity index (χ1) is 8.54. The number of likely N-dealkylation sites (N-methyl/N-ethyl adjacent to an activating group) is 2. The maximum Gasteiger partial charge on any atom is 0.132 e. The number of aliphatic hydroxyl groups excluding tert-OH is 1. The Hall–Kier alpha value is -1.07. The van der Waals surface area contributed by atoms with Crippen molar-refractivity contribution in [1.82, 2.24) is 14.7 Å². The second-order valence-electron chi connectivity index (χ2n) is 5.34. The number of aryl methyl sites for hydroxylation is 2. The number of nitrogens with zero attached hydrogens (tertiary/aromatic N) is 4. The fourth-order valence-electron chi connectivity index (χ4n) is 2.94. The summed E-state index contributed by atoms with van der Waals surface area (Å²) in [6, 6.07) is 0.504. The van der Waals surface area contributed by atoms with Crippen molar-refractivity contribution in [1.29, 1.82) is 0 Å². The van der Waals surface area contributed by atoms with Gasteiger partial charge in [-0.05, 0) is 33.4 Å². The minimum atomic E-state index is 0.0574. The Morgan fingerprint density at radius 2 is 2.17 bits per heavy atom. The molecule has 2 rings (SSSR count). The van der Waals surface area contributed by atoms with Crippen LogP contribution < -0.4 is 4.90 Å². The minimum Gasteiger partial charge on any atom is -0.391 e. The lowest BCUT2D eigenvalue weighted by Crippen LogP contribution is -2.45. The van der Waals surface area contributed by atoms with Crippen molar-refractivity contribution < 1.29 is 5.11 Å².